The highest BCUT2D eigenvalue weighted by atomic mass is 32.9. The molecule has 1 unspecified atom stereocenters. The van der Waals surface area contributed by atoms with Crippen LogP contribution in [0.3, 0.4) is 0 Å². The number of fused-ring (bicyclic) bond motifs is 1. The molecule has 1 aromatic heterocycles. The molecule has 1 heterocycles. The van der Waals surface area contributed by atoms with Gasteiger partial charge in [-0.1, -0.05) is 18.2 Å². The van der Waals surface area contributed by atoms with E-state index in [1.54, 1.807) is 0 Å². The van der Waals surface area contributed by atoms with Crippen LogP contribution in [0.4, 0.5) is 0 Å². The number of aryl methyl sites for hydroxylation is 1. The fraction of sp³-hybridized carbons (Fsp3) is 0.400. The minimum Gasteiger partial charge on any atom is -0.478 e. The van der Waals surface area contributed by atoms with Crippen molar-refractivity contribution in [1.82, 2.24) is 10.3 Å². The van der Waals surface area contributed by atoms with Crippen molar-refractivity contribution in [3.05, 3.63) is 35.9 Å². The lowest BCUT2D eigenvalue weighted by molar-refractivity contribution is 0.285. The van der Waals surface area contributed by atoms with Gasteiger partial charge in [0.05, 0.1) is 18.7 Å². The first-order valence-corrected chi connectivity index (χ1v) is 9.64. The van der Waals surface area contributed by atoms with E-state index in [9.17, 15) is 4.21 Å². The maximum absolute atomic E-state index is 10.7. The lowest BCUT2D eigenvalue weighted by Crippen LogP contribution is -2.23. The van der Waals surface area contributed by atoms with Crippen LogP contribution in [0.5, 0.6) is 5.88 Å². The van der Waals surface area contributed by atoms with Gasteiger partial charge in [-0.3, -0.25) is 8.74 Å². The molecule has 8 heteroatoms. The zero-order valence-corrected chi connectivity index (χ0v) is 14.5. The van der Waals surface area contributed by atoms with Crippen LogP contribution in [0.2, 0.25) is 0 Å². The monoisotopic (exact) mass is 356 g/mol. The van der Waals surface area contributed by atoms with E-state index in [4.69, 9.17) is 9.29 Å². The number of para-hydroxylation sites is 1. The van der Waals surface area contributed by atoms with Gasteiger partial charge in [-0.2, -0.15) is 4.21 Å². The molecule has 126 valence electrons. The highest BCUT2D eigenvalue weighted by Crippen LogP contribution is 2.20. The van der Waals surface area contributed by atoms with Gasteiger partial charge in [-0.05, 0) is 31.5 Å². The Morgan fingerprint density at radius 2 is 2.09 bits per heavy atom. The van der Waals surface area contributed by atoms with E-state index in [-0.39, 0.29) is 6.61 Å². The lowest BCUT2D eigenvalue weighted by atomic mass is 10.1. The van der Waals surface area contributed by atoms with Gasteiger partial charge in [-0.25, -0.2) is 4.98 Å². The molecule has 1 aromatic carbocycles. The summed E-state index contributed by atoms with van der Waals surface area (Å²) in [5.74, 6) is 0.621. The van der Waals surface area contributed by atoms with E-state index >= 15 is 0 Å². The molecule has 0 saturated carbocycles. The standard InChI is InChI=1S/C15H20N2O4S2/c1-12-11-15(17-14-6-3-2-5-13(12)14)20-9-4-7-16-8-10-21-23(18,19)22/h2-3,5-6,11,16H,4,7-10H2,1H3,(H,18,19,22). The number of hydrogen-bond donors (Lipinski definition) is 2. The molecule has 0 radical (unpaired) electrons. The predicted octanol–water partition coefficient (Wildman–Crippen LogP) is 2.05. The van der Waals surface area contributed by atoms with Crippen molar-refractivity contribution in [2.75, 3.05) is 26.3 Å². The van der Waals surface area contributed by atoms with Crippen LogP contribution in [0.15, 0.2) is 30.3 Å². The molecule has 2 rings (SSSR count). The zero-order valence-electron chi connectivity index (χ0n) is 12.9. The van der Waals surface area contributed by atoms with Crippen molar-refractivity contribution in [3.8, 4) is 5.88 Å². The molecule has 0 aliphatic carbocycles. The van der Waals surface area contributed by atoms with E-state index < -0.39 is 9.05 Å². The summed E-state index contributed by atoms with van der Waals surface area (Å²) in [6.07, 6.45) is 0.788. The van der Waals surface area contributed by atoms with Crippen LogP contribution in [0.1, 0.15) is 12.0 Å². The van der Waals surface area contributed by atoms with Crippen LogP contribution in [0.25, 0.3) is 10.9 Å². The molecule has 0 fully saturated rings. The Balaban J connectivity index is 1.69. The third-order valence-corrected chi connectivity index (χ3v) is 3.91. The number of hydrogen-bond acceptors (Lipinski definition) is 6. The number of aromatic nitrogens is 1. The Bertz CT molecular complexity index is 750. The van der Waals surface area contributed by atoms with Gasteiger partial charge < -0.3 is 10.1 Å². The smallest absolute Gasteiger partial charge is 0.266 e. The Kier molecular flexibility index (Phi) is 6.67. The maximum Gasteiger partial charge on any atom is 0.266 e. The van der Waals surface area contributed by atoms with E-state index in [1.807, 2.05) is 37.3 Å². The summed E-state index contributed by atoms with van der Waals surface area (Å²) in [6.45, 7) is 3.85. The summed E-state index contributed by atoms with van der Waals surface area (Å²) in [5.41, 5.74) is 2.06. The van der Waals surface area contributed by atoms with Crippen molar-refractivity contribution < 1.29 is 17.7 Å². The number of ether oxygens (including phenoxy) is 1. The lowest BCUT2D eigenvalue weighted by Gasteiger charge is -2.09. The van der Waals surface area contributed by atoms with Crippen LogP contribution in [-0.2, 0) is 24.4 Å². The topological polar surface area (TPSA) is 80.7 Å². The molecular formula is C15H20N2O4S2. The fourth-order valence-electron chi connectivity index (χ4n) is 2.11. The minimum absolute atomic E-state index is 0.102. The number of nitrogens with one attached hydrogen (secondary N) is 1. The molecule has 1 atom stereocenters. The predicted molar refractivity (Wildman–Crippen MR) is 93.5 cm³/mol. The highest BCUT2D eigenvalue weighted by Gasteiger charge is 2.03. The molecule has 2 N–H and O–H groups in total. The van der Waals surface area contributed by atoms with Crippen molar-refractivity contribution in [3.63, 3.8) is 0 Å². The summed E-state index contributed by atoms with van der Waals surface area (Å²) >= 11 is 4.21. The summed E-state index contributed by atoms with van der Waals surface area (Å²) in [6, 6.07) is 9.90. The molecule has 0 aliphatic heterocycles. The molecule has 0 aliphatic rings. The molecule has 0 saturated heterocycles. The number of benzene rings is 1. The molecular weight excluding hydrogens is 336 g/mol. The third kappa shape index (κ3) is 6.36. The second-order valence-corrected chi connectivity index (χ2v) is 7.35. The molecule has 0 spiro atoms. The second-order valence-electron chi connectivity index (χ2n) is 5.00. The quantitative estimate of drug-likeness (QED) is 0.666. The van der Waals surface area contributed by atoms with Gasteiger partial charge >= 0.3 is 0 Å². The summed E-state index contributed by atoms with van der Waals surface area (Å²) in [4.78, 5) is 4.48. The zero-order chi connectivity index (χ0) is 16.7. The first-order chi connectivity index (χ1) is 11.0. The minimum atomic E-state index is -3.52. The molecule has 2 aromatic rings. The normalized spacial score (nSPS) is 13.8. The Hall–Kier alpha value is -1.32. The van der Waals surface area contributed by atoms with Crippen molar-refractivity contribution in [1.29, 1.82) is 0 Å². The first kappa shape index (κ1) is 18.0. The molecule has 23 heavy (non-hydrogen) atoms. The van der Waals surface area contributed by atoms with Gasteiger partial charge in [0.1, 0.15) is 0 Å². The average molecular weight is 356 g/mol. The molecule has 6 nitrogen and oxygen atoms in total. The van der Waals surface area contributed by atoms with Gasteiger partial charge in [0, 0.05) is 29.2 Å². The summed E-state index contributed by atoms with van der Waals surface area (Å²) < 4.78 is 29.7. The van der Waals surface area contributed by atoms with Gasteiger partial charge in [0.2, 0.25) is 5.88 Å². The first-order valence-electron chi connectivity index (χ1n) is 7.27. The Morgan fingerprint density at radius 3 is 2.87 bits per heavy atom. The van der Waals surface area contributed by atoms with Gasteiger partial charge in [-0.15, -0.1) is 0 Å². The van der Waals surface area contributed by atoms with Crippen LogP contribution in [-0.4, -0.2) is 40.0 Å². The van der Waals surface area contributed by atoms with Crippen LogP contribution in [0, 0.1) is 6.92 Å². The van der Waals surface area contributed by atoms with Gasteiger partial charge in [0.25, 0.3) is 9.05 Å². The average Bonchev–Trinajstić information content (AvgIpc) is 2.49. The number of nitrogens with zero attached hydrogens (tertiary/aromatic N) is 1. The molecule has 0 bridgehead atoms. The maximum atomic E-state index is 10.7. The van der Waals surface area contributed by atoms with E-state index in [0.717, 1.165) is 22.9 Å². The Morgan fingerprint density at radius 1 is 1.30 bits per heavy atom. The molecule has 0 amide bonds. The SMILES string of the molecule is Cc1cc(OCCCNCCOS(=O)(O)=S)nc2ccccc12. The van der Waals surface area contributed by atoms with E-state index in [2.05, 4.69) is 25.7 Å². The third-order valence-electron chi connectivity index (χ3n) is 3.16. The fourth-order valence-corrected chi connectivity index (χ4v) is 2.61. The van der Waals surface area contributed by atoms with Gasteiger partial charge in [0.15, 0.2) is 0 Å². The van der Waals surface area contributed by atoms with Crippen molar-refractivity contribution in [2.24, 2.45) is 0 Å². The largest absolute Gasteiger partial charge is 0.478 e. The summed E-state index contributed by atoms with van der Waals surface area (Å²) in [7, 11) is -3.52. The van der Waals surface area contributed by atoms with Crippen molar-refractivity contribution >= 4 is 31.1 Å². The van der Waals surface area contributed by atoms with Crippen LogP contribution >= 0.6 is 0 Å². The second kappa shape index (κ2) is 8.51. The van der Waals surface area contributed by atoms with Crippen molar-refractivity contribution in [2.45, 2.75) is 13.3 Å². The number of pyridine rings is 1. The van der Waals surface area contributed by atoms with E-state index in [1.165, 1.54) is 0 Å². The van der Waals surface area contributed by atoms with Crippen LogP contribution < -0.4 is 10.1 Å². The number of rotatable bonds is 9. The summed E-state index contributed by atoms with van der Waals surface area (Å²) in [5, 5.41) is 4.21. The van der Waals surface area contributed by atoms with E-state index in [0.29, 0.717) is 25.6 Å². The Labute approximate surface area is 140 Å². The highest BCUT2D eigenvalue weighted by molar-refractivity contribution is 8.27.